The van der Waals surface area contributed by atoms with Crippen LogP contribution in [0.15, 0.2) is 12.3 Å². The Bertz CT molecular complexity index is 311. The fourth-order valence-electron chi connectivity index (χ4n) is 0.828. The minimum Gasteiger partial charge on any atom is -0.397 e. The first-order valence-electron chi connectivity index (χ1n) is 3.32. The van der Waals surface area contributed by atoms with E-state index >= 15 is 0 Å². The van der Waals surface area contributed by atoms with Crippen LogP contribution >= 0.6 is 15.9 Å². The van der Waals surface area contributed by atoms with Gasteiger partial charge in [0.1, 0.15) is 0 Å². The number of hydrogen-bond acceptors (Lipinski definition) is 2. The Labute approximate surface area is 81.1 Å². The molecule has 1 aromatic rings. The van der Waals surface area contributed by atoms with Gasteiger partial charge in [-0.05, 0) is 6.07 Å². The summed E-state index contributed by atoms with van der Waals surface area (Å²) in [5.41, 5.74) is 4.25. The topological polar surface area (TPSA) is 38.9 Å². The molecule has 72 valence electrons. The Morgan fingerprint density at radius 1 is 1.46 bits per heavy atom. The highest BCUT2D eigenvalue weighted by Gasteiger charge is 2.33. The molecule has 0 saturated carbocycles. The van der Waals surface area contributed by atoms with Crippen molar-refractivity contribution in [1.82, 2.24) is 4.98 Å². The standard InChI is InChI=1S/C7H6BrF3N2/c8-2-4-1-5(7(9,10)11)6(12)3-13-4/h1,3H,2,12H2. The highest BCUT2D eigenvalue weighted by atomic mass is 79.9. The molecule has 0 unspecified atom stereocenters. The van der Waals surface area contributed by atoms with Gasteiger partial charge in [0, 0.05) is 5.33 Å². The maximum absolute atomic E-state index is 12.2. The molecule has 0 atom stereocenters. The van der Waals surface area contributed by atoms with Crippen molar-refractivity contribution in [2.75, 3.05) is 5.73 Å². The molecule has 0 fully saturated rings. The van der Waals surface area contributed by atoms with Crippen LogP contribution in [-0.4, -0.2) is 4.98 Å². The van der Waals surface area contributed by atoms with Crippen LogP contribution < -0.4 is 5.73 Å². The van der Waals surface area contributed by atoms with E-state index in [0.29, 0.717) is 5.69 Å². The molecule has 0 bridgehead atoms. The average Bonchev–Trinajstić information content (AvgIpc) is 2.03. The van der Waals surface area contributed by atoms with Gasteiger partial charge < -0.3 is 5.73 Å². The summed E-state index contributed by atoms with van der Waals surface area (Å²) in [5, 5.41) is 0.274. The summed E-state index contributed by atoms with van der Waals surface area (Å²) in [6.45, 7) is 0. The van der Waals surface area contributed by atoms with Crippen LogP contribution in [0, 0.1) is 0 Å². The molecule has 1 rings (SSSR count). The first-order valence-corrected chi connectivity index (χ1v) is 4.45. The molecule has 13 heavy (non-hydrogen) atoms. The van der Waals surface area contributed by atoms with E-state index in [1.807, 2.05) is 0 Å². The van der Waals surface area contributed by atoms with Crippen molar-refractivity contribution in [1.29, 1.82) is 0 Å². The Morgan fingerprint density at radius 2 is 2.08 bits per heavy atom. The summed E-state index contributed by atoms with van der Waals surface area (Å²) in [6.07, 6.45) is -3.40. The van der Waals surface area contributed by atoms with E-state index in [1.54, 1.807) is 0 Å². The van der Waals surface area contributed by atoms with E-state index in [-0.39, 0.29) is 11.0 Å². The molecule has 2 N–H and O–H groups in total. The van der Waals surface area contributed by atoms with E-state index < -0.39 is 11.7 Å². The summed E-state index contributed by atoms with van der Waals surface area (Å²) in [5.74, 6) is 0. The second kappa shape index (κ2) is 3.53. The third-order valence-electron chi connectivity index (χ3n) is 1.43. The van der Waals surface area contributed by atoms with Crippen molar-refractivity contribution >= 4 is 21.6 Å². The SMILES string of the molecule is Nc1cnc(CBr)cc1C(F)(F)F. The van der Waals surface area contributed by atoms with E-state index in [4.69, 9.17) is 5.73 Å². The van der Waals surface area contributed by atoms with Crippen molar-refractivity contribution in [3.63, 3.8) is 0 Å². The molecule has 2 nitrogen and oxygen atoms in total. The largest absolute Gasteiger partial charge is 0.418 e. The van der Waals surface area contributed by atoms with Crippen LogP contribution in [0.3, 0.4) is 0 Å². The number of anilines is 1. The maximum atomic E-state index is 12.2. The fraction of sp³-hybridized carbons (Fsp3) is 0.286. The van der Waals surface area contributed by atoms with E-state index in [1.165, 1.54) is 0 Å². The van der Waals surface area contributed by atoms with Gasteiger partial charge >= 0.3 is 6.18 Å². The lowest BCUT2D eigenvalue weighted by Crippen LogP contribution is -2.10. The lowest BCUT2D eigenvalue weighted by molar-refractivity contribution is -0.137. The number of nitrogens with zero attached hydrogens (tertiary/aromatic N) is 1. The van der Waals surface area contributed by atoms with Gasteiger partial charge in [0.05, 0.1) is 23.1 Å². The first kappa shape index (κ1) is 10.3. The van der Waals surface area contributed by atoms with Crippen LogP contribution in [0.5, 0.6) is 0 Å². The van der Waals surface area contributed by atoms with Crippen molar-refractivity contribution in [3.8, 4) is 0 Å². The number of halogens is 4. The van der Waals surface area contributed by atoms with Gasteiger partial charge in [-0.25, -0.2) is 0 Å². The highest BCUT2D eigenvalue weighted by Crippen LogP contribution is 2.33. The van der Waals surface area contributed by atoms with Crippen molar-refractivity contribution in [3.05, 3.63) is 23.5 Å². The molecule has 1 heterocycles. The highest BCUT2D eigenvalue weighted by molar-refractivity contribution is 9.08. The van der Waals surface area contributed by atoms with Crippen molar-refractivity contribution in [2.24, 2.45) is 0 Å². The van der Waals surface area contributed by atoms with Crippen LogP contribution in [0.1, 0.15) is 11.3 Å². The van der Waals surface area contributed by atoms with E-state index in [9.17, 15) is 13.2 Å². The molecule has 0 spiro atoms. The van der Waals surface area contributed by atoms with Crippen molar-refractivity contribution < 1.29 is 13.2 Å². The minimum absolute atomic E-state index is 0.274. The molecular formula is C7H6BrF3N2. The van der Waals surface area contributed by atoms with Crippen LogP contribution in [0.25, 0.3) is 0 Å². The zero-order valence-corrected chi connectivity index (χ0v) is 7.98. The summed E-state index contributed by atoms with van der Waals surface area (Å²) in [6, 6.07) is 0.935. The second-order valence-corrected chi connectivity index (χ2v) is 2.96. The van der Waals surface area contributed by atoms with Gasteiger partial charge in [-0.3, -0.25) is 4.98 Å². The number of nitrogen functional groups attached to an aromatic ring is 1. The van der Waals surface area contributed by atoms with Gasteiger partial charge in [-0.1, -0.05) is 15.9 Å². The molecule has 0 radical (unpaired) electrons. The fourth-order valence-corrected chi connectivity index (χ4v) is 1.13. The summed E-state index contributed by atoms with van der Waals surface area (Å²) in [4.78, 5) is 3.70. The Hall–Kier alpha value is -0.780. The maximum Gasteiger partial charge on any atom is 0.418 e. The van der Waals surface area contributed by atoms with Gasteiger partial charge in [0.15, 0.2) is 0 Å². The van der Waals surface area contributed by atoms with Gasteiger partial charge in [-0.2, -0.15) is 13.2 Å². The van der Waals surface area contributed by atoms with Crippen LogP contribution in [-0.2, 0) is 11.5 Å². The number of aromatic nitrogens is 1. The predicted octanol–water partition coefficient (Wildman–Crippen LogP) is 2.58. The van der Waals surface area contributed by atoms with Gasteiger partial charge in [0.25, 0.3) is 0 Å². The summed E-state index contributed by atoms with van der Waals surface area (Å²) < 4.78 is 36.7. The molecule has 0 aromatic carbocycles. The molecule has 0 amide bonds. The van der Waals surface area contributed by atoms with Gasteiger partial charge in [0.2, 0.25) is 0 Å². The zero-order valence-electron chi connectivity index (χ0n) is 6.40. The number of nitrogens with two attached hydrogens (primary N) is 1. The number of alkyl halides is 4. The lowest BCUT2D eigenvalue weighted by Gasteiger charge is -2.09. The Kier molecular flexibility index (Phi) is 2.80. The van der Waals surface area contributed by atoms with E-state index in [2.05, 4.69) is 20.9 Å². The van der Waals surface area contributed by atoms with Crippen LogP contribution in [0.2, 0.25) is 0 Å². The Balaban J connectivity index is 3.19. The normalized spacial score (nSPS) is 11.7. The summed E-state index contributed by atoms with van der Waals surface area (Å²) in [7, 11) is 0. The first-order chi connectivity index (χ1) is 5.95. The summed E-state index contributed by atoms with van der Waals surface area (Å²) >= 11 is 3.01. The number of pyridine rings is 1. The zero-order chi connectivity index (χ0) is 10.1. The Morgan fingerprint density at radius 3 is 2.54 bits per heavy atom. The monoisotopic (exact) mass is 254 g/mol. The molecule has 0 saturated heterocycles. The second-order valence-electron chi connectivity index (χ2n) is 2.39. The molecule has 1 aromatic heterocycles. The van der Waals surface area contributed by atoms with E-state index in [0.717, 1.165) is 12.3 Å². The smallest absolute Gasteiger partial charge is 0.397 e. The average molecular weight is 255 g/mol. The number of rotatable bonds is 1. The predicted molar refractivity (Wildman–Crippen MR) is 46.3 cm³/mol. The van der Waals surface area contributed by atoms with Crippen LogP contribution in [0.4, 0.5) is 18.9 Å². The minimum atomic E-state index is -4.41. The molecule has 6 heteroatoms. The third kappa shape index (κ3) is 2.33. The molecule has 0 aliphatic heterocycles. The molecule has 0 aliphatic rings. The van der Waals surface area contributed by atoms with Gasteiger partial charge in [-0.15, -0.1) is 0 Å². The third-order valence-corrected chi connectivity index (χ3v) is 2.01. The van der Waals surface area contributed by atoms with Crippen molar-refractivity contribution in [2.45, 2.75) is 11.5 Å². The quantitative estimate of drug-likeness (QED) is 0.783. The molecular weight excluding hydrogens is 249 g/mol. The lowest BCUT2D eigenvalue weighted by atomic mass is 10.2. The molecule has 0 aliphatic carbocycles. The number of hydrogen-bond donors (Lipinski definition) is 1.